The number of nitrogens with zero attached hydrogens (tertiary/aromatic N) is 2. The second-order valence-electron chi connectivity index (χ2n) is 2.11. The van der Waals surface area contributed by atoms with Crippen LogP contribution in [-0.2, 0) is 0 Å². The minimum atomic E-state index is 0.136. The molecule has 12 heavy (non-hydrogen) atoms. The van der Waals surface area contributed by atoms with E-state index in [0.29, 0.717) is 11.3 Å². The van der Waals surface area contributed by atoms with Gasteiger partial charge >= 0.3 is 0 Å². The fourth-order valence-corrected chi connectivity index (χ4v) is 0.998. The number of pyridine rings is 1. The number of nitrogens with two attached hydrogens (primary N) is 1. The van der Waals surface area contributed by atoms with Crippen LogP contribution in [0.1, 0.15) is 11.3 Å². The van der Waals surface area contributed by atoms with E-state index in [1.165, 1.54) is 6.08 Å². The second-order valence-corrected chi connectivity index (χ2v) is 2.50. The van der Waals surface area contributed by atoms with Gasteiger partial charge in [-0.05, 0) is 6.07 Å². The van der Waals surface area contributed by atoms with Gasteiger partial charge in [-0.3, -0.25) is 0 Å². The molecule has 1 rings (SSSR count). The number of nitrogen functional groups attached to an aromatic ring is 1. The van der Waals surface area contributed by atoms with Gasteiger partial charge in [0.1, 0.15) is 11.2 Å². The molecule has 0 saturated heterocycles. The molecule has 0 bridgehead atoms. The third-order valence-corrected chi connectivity index (χ3v) is 1.58. The molecule has 0 aliphatic heterocycles. The van der Waals surface area contributed by atoms with Crippen molar-refractivity contribution in [2.45, 2.75) is 0 Å². The summed E-state index contributed by atoms with van der Waals surface area (Å²) in [7, 11) is 0. The van der Waals surface area contributed by atoms with E-state index >= 15 is 0 Å². The molecule has 60 valence electrons. The average Bonchev–Trinajstić information content (AvgIpc) is 2.08. The minimum Gasteiger partial charge on any atom is -0.396 e. The molecule has 0 saturated carbocycles. The lowest BCUT2D eigenvalue weighted by Crippen LogP contribution is -1.97. The Hall–Kier alpha value is -1.53. The van der Waals surface area contributed by atoms with Crippen molar-refractivity contribution in [2.24, 2.45) is 0 Å². The van der Waals surface area contributed by atoms with E-state index in [4.69, 9.17) is 22.6 Å². The monoisotopic (exact) mass is 179 g/mol. The van der Waals surface area contributed by atoms with Gasteiger partial charge in [0, 0.05) is 5.56 Å². The Labute approximate surface area is 75.1 Å². The van der Waals surface area contributed by atoms with E-state index in [1.807, 2.05) is 6.07 Å². The molecule has 0 aliphatic carbocycles. The van der Waals surface area contributed by atoms with Crippen LogP contribution in [-0.4, -0.2) is 4.98 Å². The molecule has 2 N–H and O–H groups in total. The smallest absolute Gasteiger partial charge is 0.165 e. The van der Waals surface area contributed by atoms with Crippen LogP contribution >= 0.6 is 11.6 Å². The summed E-state index contributed by atoms with van der Waals surface area (Å²) in [6, 6.07) is 3.40. The fourth-order valence-electron chi connectivity index (χ4n) is 0.796. The number of anilines is 1. The Bertz CT molecular complexity index is 365. The lowest BCUT2D eigenvalue weighted by Gasteiger charge is -2.01. The quantitative estimate of drug-likeness (QED) is 0.669. The van der Waals surface area contributed by atoms with Crippen molar-refractivity contribution in [1.29, 1.82) is 5.26 Å². The van der Waals surface area contributed by atoms with Gasteiger partial charge in [-0.25, -0.2) is 4.98 Å². The number of rotatable bonds is 1. The first-order chi connectivity index (χ1) is 5.69. The van der Waals surface area contributed by atoms with Gasteiger partial charge in [-0.15, -0.1) is 0 Å². The van der Waals surface area contributed by atoms with Crippen molar-refractivity contribution in [3.63, 3.8) is 0 Å². The molecule has 0 aromatic carbocycles. The summed E-state index contributed by atoms with van der Waals surface area (Å²) >= 11 is 5.61. The van der Waals surface area contributed by atoms with E-state index in [1.54, 1.807) is 6.07 Å². The number of hydrogen-bond donors (Lipinski definition) is 1. The Morgan fingerprint density at radius 2 is 2.42 bits per heavy atom. The number of nitriles is 1. The van der Waals surface area contributed by atoms with Crippen LogP contribution in [0.15, 0.2) is 12.6 Å². The normalized spacial score (nSPS) is 9.00. The molecule has 0 unspecified atom stereocenters. The van der Waals surface area contributed by atoms with Crippen LogP contribution in [0, 0.1) is 11.3 Å². The van der Waals surface area contributed by atoms with Crippen molar-refractivity contribution in [3.05, 3.63) is 29.1 Å². The Morgan fingerprint density at radius 3 is 2.92 bits per heavy atom. The molecule has 1 aromatic heterocycles. The molecule has 0 aliphatic rings. The SMILES string of the molecule is C=Cc1cc(Cl)nc(C#N)c1N. The summed E-state index contributed by atoms with van der Waals surface area (Å²) in [6.45, 7) is 3.53. The largest absolute Gasteiger partial charge is 0.396 e. The summed E-state index contributed by atoms with van der Waals surface area (Å²) in [6.07, 6.45) is 1.53. The first kappa shape index (κ1) is 8.57. The van der Waals surface area contributed by atoms with Gasteiger partial charge < -0.3 is 5.73 Å². The van der Waals surface area contributed by atoms with E-state index in [0.717, 1.165) is 0 Å². The highest BCUT2D eigenvalue weighted by Gasteiger charge is 2.05. The van der Waals surface area contributed by atoms with E-state index in [9.17, 15) is 0 Å². The average molecular weight is 180 g/mol. The summed E-state index contributed by atoms with van der Waals surface area (Å²) in [5, 5.41) is 8.82. The molecule has 0 spiro atoms. The summed E-state index contributed by atoms with van der Waals surface area (Å²) < 4.78 is 0. The lowest BCUT2D eigenvalue weighted by molar-refractivity contribution is 1.26. The number of aromatic nitrogens is 1. The van der Waals surface area contributed by atoms with Gasteiger partial charge in [0.15, 0.2) is 5.69 Å². The molecule has 0 radical (unpaired) electrons. The van der Waals surface area contributed by atoms with Gasteiger partial charge in [0.2, 0.25) is 0 Å². The van der Waals surface area contributed by atoms with Crippen molar-refractivity contribution in [1.82, 2.24) is 4.98 Å². The van der Waals surface area contributed by atoms with Gasteiger partial charge in [-0.2, -0.15) is 5.26 Å². The van der Waals surface area contributed by atoms with Gasteiger partial charge in [0.25, 0.3) is 0 Å². The van der Waals surface area contributed by atoms with Crippen molar-refractivity contribution < 1.29 is 0 Å². The van der Waals surface area contributed by atoms with Gasteiger partial charge in [0.05, 0.1) is 5.69 Å². The summed E-state index contributed by atoms with van der Waals surface area (Å²) in [5.74, 6) is 0. The van der Waals surface area contributed by atoms with Crippen molar-refractivity contribution >= 4 is 23.4 Å². The van der Waals surface area contributed by atoms with Crippen molar-refractivity contribution in [3.8, 4) is 6.07 Å². The zero-order valence-electron chi connectivity index (χ0n) is 6.21. The summed E-state index contributed by atoms with van der Waals surface area (Å²) in [5.41, 5.74) is 6.64. The molecule has 0 fully saturated rings. The maximum absolute atomic E-state index is 8.58. The van der Waals surface area contributed by atoms with Crippen LogP contribution < -0.4 is 5.73 Å². The highest BCUT2D eigenvalue weighted by Crippen LogP contribution is 2.19. The predicted molar refractivity (Wildman–Crippen MR) is 48.5 cm³/mol. The first-order valence-electron chi connectivity index (χ1n) is 3.17. The highest BCUT2D eigenvalue weighted by molar-refractivity contribution is 6.29. The molecule has 3 nitrogen and oxygen atoms in total. The Kier molecular flexibility index (Phi) is 2.32. The first-order valence-corrected chi connectivity index (χ1v) is 3.55. The standard InChI is InChI=1S/C8H6ClN3/c1-2-5-3-7(9)12-6(4-10)8(5)11/h2-3H,1,11H2. The summed E-state index contributed by atoms with van der Waals surface area (Å²) in [4.78, 5) is 3.73. The molecular formula is C8H6ClN3. The van der Waals surface area contributed by atoms with Crippen LogP contribution in [0.2, 0.25) is 5.15 Å². The fraction of sp³-hybridized carbons (Fsp3) is 0. The topological polar surface area (TPSA) is 62.7 Å². The molecule has 1 aromatic rings. The Balaban J connectivity index is 3.44. The van der Waals surface area contributed by atoms with E-state index in [2.05, 4.69) is 11.6 Å². The third-order valence-electron chi connectivity index (χ3n) is 1.39. The third kappa shape index (κ3) is 1.39. The number of halogens is 1. The maximum Gasteiger partial charge on any atom is 0.165 e. The molecule has 0 amide bonds. The van der Waals surface area contributed by atoms with Crippen LogP contribution in [0.5, 0.6) is 0 Å². The zero-order valence-corrected chi connectivity index (χ0v) is 6.97. The molecule has 1 heterocycles. The molecule has 0 atom stereocenters. The molecular weight excluding hydrogens is 174 g/mol. The zero-order chi connectivity index (χ0) is 9.14. The van der Waals surface area contributed by atoms with E-state index < -0.39 is 0 Å². The predicted octanol–water partition coefficient (Wildman–Crippen LogP) is 1.83. The Morgan fingerprint density at radius 1 is 1.75 bits per heavy atom. The van der Waals surface area contributed by atoms with Crippen molar-refractivity contribution in [2.75, 3.05) is 5.73 Å². The highest BCUT2D eigenvalue weighted by atomic mass is 35.5. The van der Waals surface area contributed by atoms with Gasteiger partial charge in [-0.1, -0.05) is 24.3 Å². The molecule has 4 heteroatoms. The van der Waals surface area contributed by atoms with Crippen LogP contribution in [0.3, 0.4) is 0 Å². The lowest BCUT2D eigenvalue weighted by atomic mass is 10.2. The number of hydrogen-bond acceptors (Lipinski definition) is 3. The maximum atomic E-state index is 8.58. The van der Waals surface area contributed by atoms with E-state index in [-0.39, 0.29) is 10.8 Å². The van der Waals surface area contributed by atoms with Crippen LogP contribution in [0.25, 0.3) is 6.08 Å². The second kappa shape index (κ2) is 3.24. The van der Waals surface area contributed by atoms with Crippen LogP contribution in [0.4, 0.5) is 5.69 Å². The minimum absolute atomic E-state index is 0.136.